The minimum absolute atomic E-state index is 0.124. The lowest BCUT2D eigenvalue weighted by Crippen LogP contribution is -2.43. The SMILES string of the molecule is CNC(=O)C(C)(C)CNC(=O)c1cc(N)cc(Br)c1. The van der Waals surface area contributed by atoms with E-state index in [4.69, 9.17) is 5.73 Å². The normalized spacial score (nSPS) is 10.9. The maximum atomic E-state index is 12.0. The third-order valence-corrected chi connectivity index (χ3v) is 3.17. The van der Waals surface area contributed by atoms with E-state index in [9.17, 15) is 9.59 Å². The summed E-state index contributed by atoms with van der Waals surface area (Å²) in [5.74, 6) is -0.383. The zero-order valence-corrected chi connectivity index (χ0v) is 12.8. The second-order valence-electron chi connectivity index (χ2n) is 4.92. The Balaban J connectivity index is 2.73. The highest BCUT2D eigenvalue weighted by Crippen LogP contribution is 2.18. The van der Waals surface area contributed by atoms with Crippen molar-refractivity contribution in [2.24, 2.45) is 5.41 Å². The Morgan fingerprint density at radius 2 is 1.95 bits per heavy atom. The van der Waals surface area contributed by atoms with Crippen molar-refractivity contribution in [1.82, 2.24) is 10.6 Å². The Morgan fingerprint density at radius 3 is 2.47 bits per heavy atom. The van der Waals surface area contributed by atoms with Gasteiger partial charge in [0.25, 0.3) is 5.91 Å². The monoisotopic (exact) mass is 327 g/mol. The van der Waals surface area contributed by atoms with Gasteiger partial charge in [-0.05, 0) is 32.0 Å². The number of rotatable bonds is 4. The Hall–Kier alpha value is -1.56. The van der Waals surface area contributed by atoms with Gasteiger partial charge in [0.15, 0.2) is 0 Å². The van der Waals surface area contributed by atoms with Crippen molar-refractivity contribution in [2.45, 2.75) is 13.8 Å². The molecule has 0 aliphatic rings. The first-order valence-corrected chi connectivity index (χ1v) is 6.62. The van der Waals surface area contributed by atoms with Crippen LogP contribution in [0.4, 0.5) is 5.69 Å². The second-order valence-corrected chi connectivity index (χ2v) is 5.83. The summed E-state index contributed by atoms with van der Waals surface area (Å²) in [5, 5.41) is 5.30. The number of nitrogens with one attached hydrogen (secondary N) is 2. The third-order valence-electron chi connectivity index (χ3n) is 2.71. The van der Waals surface area contributed by atoms with Gasteiger partial charge in [0.2, 0.25) is 5.91 Å². The van der Waals surface area contributed by atoms with E-state index in [1.807, 2.05) is 0 Å². The number of nitrogen functional groups attached to an aromatic ring is 1. The number of halogens is 1. The lowest BCUT2D eigenvalue weighted by atomic mass is 9.92. The molecule has 0 aliphatic heterocycles. The van der Waals surface area contributed by atoms with Gasteiger partial charge in [-0.1, -0.05) is 15.9 Å². The molecule has 1 aromatic rings. The number of hydrogen-bond donors (Lipinski definition) is 3. The number of nitrogens with two attached hydrogens (primary N) is 1. The molecule has 19 heavy (non-hydrogen) atoms. The molecule has 0 unspecified atom stereocenters. The molecule has 6 heteroatoms. The van der Waals surface area contributed by atoms with E-state index in [-0.39, 0.29) is 18.4 Å². The highest BCUT2D eigenvalue weighted by Gasteiger charge is 2.27. The van der Waals surface area contributed by atoms with Crippen LogP contribution in [-0.4, -0.2) is 25.4 Å². The molecule has 0 saturated carbocycles. The summed E-state index contributed by atoms with van der Waals surface area (Å²) in [5.41, 5.74) is 5.97. The van der Waals surface area contributed by atoms with Gasteiger partial charge in [0, 0.05) is 29.3 Å². The Kier molecular flexibility index (Phi) is 4.94. The minimum Gasteiger partial charge on any atom is -0.399 e. The summed E-state index contributed by atoms with van der Waals surface area (Å²) in [6, 6.07) is 4.98. The van der Waals surface area contributed by atoms with Crippen molar-refractivity contribution in [3.8, 4) is 0 Å². The lowest BCUT2D eigenvalue weighted by Gasteiger charge is -2.22. The van der Waals surface area contributed by atoms with Crippen molar-refractivity contribution in [2.75, 3.05) is 19.3 Å². The van der Waals surface area contributed by atoms with Crippen LogP contribution < -0.4 is 16.4 Å². The van der Waals surface area contributed by atoms with Crippen LogP contribution in [0.1, 0.15) is 24.2 Å². The number of anilines is 1. The maximum absolute atomic E-state index is 12.0. The lowest BCUT2D eigenvalue weighted by molar-refractivity contribution is -0.128. The van der Waals surface area contributed by atoms with Gasteiger partial charge >= 0.3 is 0 Å². The van der Waals surface area contributed by atoms with E-state index >= 15 is 0 Å². The number of carbonyl (C=O) groups is 2. The van der Waals surface area contributed by atoms with Crippen LogP contribution in [0, 0.1) is 5.41 Å². The fraction of sp³-hybridized carbons (Fsp3) is 0.385. The first-order valence-electron chi connectivity index (χ1n) is 5.83. The van der Waals surface area contributed by atoms with Crippen LogP contribution in [0.2, 0.25) is 0 Å². The summed E-state index contributed by atoms with van der Waals surface area (Å²) < 4.78 is 0.739. The highest BCUT2D eigenvalue weighted by molar-refractivity contribution is 9.10. The van der Waals surface area contributed by atoms with Crippen molar-refractivity contribution < 1.29 is 9.59 Å². The summed E-state index contributed by atoms with van der Waals surface area (Å²) in [6.45, 7) is 3.78. The van der Waals surface area contributed by atoms with E-state index in [1.54, 1.807) is 39.1 Å². The van der Waals surface area contributed by atoms with Crippen LogP contribution in [0.3, 0.4) is 0 Å². The molecule has 0 bridgehead atoms. The van der Waals surface area contributed by atoms with Gasteiger partial charge in [-0.15, -0.1) is 0 Å². The van der Waals surface area contributed by atoms with Crippen LogP contribution in [-0.2, 0) is 4.79 Å². The van der Waals surface area contributed by atoms with Gasteiger partial charge in [0.05, 0.1) is 5.41 Å². The molecule has 2 amide bonds. The van der Waals surface area contributed by atoms with Crippen LogP contribution in [0.15, 0.2) is 22.7 Å². The molecular weight excluding hydrogens is 310 g/mol. The largest absolute Gasteiger partial charge is 0.399 e. The number of amides is 2. The first-order chi connectivity index (χ1) is 8.76. The number of benzene rings is 1. The highest BCUT2D eigenvalue weighted by atomic mass is 79.9. The quantitative estimate of drug-likeness (QED) is 0.733. The molecule has 1 rings (SSSR count). The number of hydrogen-bond acceptors (Lipinski definition) is 3. The summed E-state index contributed by atoms with van der Waals surface area (Å²) in [4.78, 5) is 23.6. The smallest absolute Gasteiger partial charge is 0.251 e. The van der Waals surface area contributed by atoms with E-state index in [1.165, 1.54) is 0 Å². The molecule has 0 radical (unpaired) electrons. The predicted octanol–water partition coefficient (Wildman–Crippen LogP) is 1.53. The predicted molar refractivity (Wildman–Crippen MR) is 78.7 cm³/mol. The summed E-state index contributed by atoms with van der Waals surface area (Å²) >= 11 is 3.28. The summed E-state index contributed by atoms with van der Waals surface area (Å²) in [6.07, 6.45) is 0. The molecule has 0 atom stereocenters. The van der Waals surface area contributed by atoms with Crippen molar-refractivity contribution in [3.05, 3.63) is 28.2 Å². The van der Waals surface area contributed by atoms with Crippen molar-refractivity contribution >= 4 is 33.4 Å². The Bertz CT molecular complexity index is 480. The molecule has 0 fully saturated rings. The molecule has 0 heterocycles. The average molecular weight is 328 g/mol. The van der Waals surface area contributed by atoms with Gasteiger partial charge in [0.1, 0.15) is 0 Å². The third kappa shape index (κ3) is 4.24. The molecule has 0 aromatic heterocycles. The Morgan fingerprint density at radius 1 is 1.32 bits per heavy atom. The molecule has 0 saturated heterocycles. The van der Waals surface area contributed by atoms with Crippen LogP contribution >= 0.6 is 15.9 Å². The fourth-order valence-electron chi connectivity index (χ4n) is 1.57. The molecular formula is C13H18BrN3O2. The van der Waals surface area contributed by atoms with E-state index in [2.05, 4.69) is 26.6 Å². The van der Waals surface area contributed by atoms with Crippen LogP contribution in [0.5, 0.6) is 0 Å². The molecule has 104 valence electrons. The topological polar surface area (TPSA) is 84.2 Å². The molecule has 5 nitrogen and oxygen atoms in total. The fourth-order valence-corrected chi connectivity index (χ4v) is 2.08. The van der Waals surface area contributed by atoms with Crippen LogP contribution in [0.25, 0.3) is 0 Å². The maximum Gasteiger partial charge on any atom is 0.251 e. The van der Waals surface area contributed by atoms with Crippen molar-refractivity contribution in [3.63, 3.8) is 0 Å². The molecule has 1 aromatic carbocycles. The van der Waals surface area contributed by atoms with E-state index in [0.29, 0.717) is 11.3 Å². The van der Waals surface area contributed by atoms with E-state index in [0.717, 1.165) is 4.47 Å². The average Bonchev–Trinajstić information content (AvgIpc) is 2.33. The first kappa shape index (κ1) is 15.5. The standard InChI is InChI=1S/C13H18BrN3O2/c1-13(2,12(19)16-3)7-17-11(18)8-4-9(14)6-10(15)5-8/h4-6H,7,15H2,1-3H3,(H,16,19)(H,17,18). The molecule has 0 aliphatic carbocycles. The minimum atomic E-state index is -0.665. The van der Waals surface area contributed by atoms with Gasteiger partial charge in [-0.3, -0.25) is 9.59 Å². The Labute approximate surface area is 121 Å². The van der Waals surface area contributed by atoms with Crippen molar-refractivity contribution in [1.29, 1.82) is 0 Å². The zero-order chi connectivity index (χ0) is 14.6. The number of carbonyl (C=O) groups excluding carboxylic acids is 2. The molecule has 4 N–H and O–H groups in total. The summed E-state index contributed by atoms with van der Waals surface area (Å²) in [7, 11) is 1.57. The molecule has 0 spiro atoms. The zero-order valence-electron chi connectivity index (χ0n) is 11.2. The van der Waals surface area contributed by atoms with Gasteiger partial charge < -0.3 is 16.4 Å². The van der Waals surface area contributed by atoms with Gasteiger partial charge in [-0.2, -0.15) is 0 Å². The van der Waals surface area contributed by atoms with Gasteiger partial charge in [-0.25, -0.2) is 0 Å². The second kappa shape index (κ2) is 6.06. The van der Waals surface area contributed by atoms with E-state index < -0.39 is 5.41 Å².